The number of ether oxygens (including phenoxy) is 1. The molecule has 6 heteroatoms. The number of likely N-dealkylation sites (tertiary alicyclic amines) is 1. The normalized spacial score (nSPS) is 17.2. The fourth-order valence-corrected chi connectivity index (χ4v) is 2.80. The Balaban J connectivity index is 1.71. The van der Waals surface area contributed by atoms with E-state index in [1.807, 2.05) is 32.0 Å². The van der Waals surface area contributed by atoms with E-state index in [2.05, 4.69) is 27.7 Å². The molecule has 1 aromatic carbocycles. The van der Waals surface area contributed by atoms with Gasteiger partial charge in [-0.15, -0.1) is 0 Å². The van der Waals surface area contributed by atoms with Crippen molar-refractivity contribution >= 4 is 11.9 Å². The number of carbonyl (C=O) groups excluding carboxylic acids is 2. The molecule has 0 bridgehead atoms. The number of urea groups is 1. The van der Waals surface area contributed by atoms with Gasteiger partial charge in [-0.05, 0) is 32.3 Å². The summed E-state index contributed by atoms with van der Waals surface area (Å²) >= 11 is 0. The van der Waals surface area contributed by atoms with E-state index in [1.165, 1.54) is 5.56 Å². The molecule has 2 rings (SSSR count). The maximum Gasteiger partial charge on any atom is 0.321 e. The van der Waals surface area contributed by atoms with E-state index in [4.69, 9.17) is 4.74 Å². The van der Waals surface area contributed by atoms with Gasteiger partial charge in [-0.2, -0.15) is 0 Å². The Labute approximate surface area is 143 Å². The van der Waals surface area contributed by atoms with Crippen LogP contribution in [0.3, 0.4) is 0 Å². The highest BCUT2D eigenvalue weighted by Crippen LogP contribution is 2.17. The molecule has 1 aliphatic heterocycles. The van der Waals surface area contributed by atoms with Gasteiger partial charge < -0.3 is 10.1 Å². The molecule has 1 fully saturated rings. The summed E-state index contributed by atoms with van der Waals surface area (Å²) in [5, 5.41) is 4.94. The summed E-state index contributed by atoms with van der Waals surface area (Å²) < 4.78 is 5.96. The van der Waals surface area contributed by atoms with Gasteiger partial charge in [0.2, 0.25) is 5.91 Å². The number of benzene rings is 1. The van der Waals surface area contributed by atoms with Crippen molar-refractivity contribution in [3.8, 4) is 0 Å². The van der Waals surface area contributed by atoms with Crippen LogP contribution in [0.15, 0.2) is 30.3 Å². The average molecular weight is 333 g/mol. The number of carbonyl (C=O) groups is 2. The Morgan fingerprint density at radius 2 is 1.92 bits per heavy atom. The molecular weight excluding hydrogens is 306 g/mol. The summed E-state index contributed by atoms with van der Waals surface area (Å²) in [6, 6.07) is 9.38. The summed E-state index contributed by atoms with van der Waals surface area (Å²) in [7, 11) is 0. The molecule has 1 unspecified atom stereocenters. The van der Waals surface area contributed by atoms with Gasteiger partial charge in [0.05, 0.1) is 18.8 Å². The molecule has 0 radical (unpaired) electrons. The molecule has 0 aliphatic carbocycles. The number of rotatable bonds is 6. The van der Waals surface area contributed by atoms with Gasteiger partial charge in [0.1, 0.15) is 0 Å². The summed E-state index contributed by atoms with van der Waals surface area (Å²) in [5.41, 5.74) is 1.18. The topological polar surface area (TPSA) is 70.7 Å². The molecule has 3 amide bonds. The zero-order valence-corrected chi connectivity index (χ0v) is 14.5. The molecule has 1 saturated heterocycles. The lowest BCUT2D eigenvalue weighted by Crippen LogP contribution is -2.52. The van der Waals surface area contributed by atoms with Crippen molar-refractivity contribution in [2.24, 2.45) is 0 Å². The SMILES string of the molecule is CCNC(=O)NC(=O)C(C)N1CCC(OCc2ccccc2)CC1. The molecule has 132 valence electrons. The molecule has 0 spiro atoms. The standard InChI is InChI=1S/C18H27N3O3/c1-3-19-18(23)20-17(22)14(2)21-11-9-16(10-12-21)24-13-15-7-5-4-6-8-15/h4-8,14,16H,3,9-13H2,1-2H3,(H2,19,20,22,23). The van der Waals surface area contributed by atoms with Crippen molar-refractivity contribution < 1.29 is 14.3 Å². The largest absolute Gasteiger partial charge is 0.373 e. The van der Waals surface area contributed by atoms with E-state index in [0.717, 1.165) is 25.9 Å². The number of amides is 3. The molecule has 2 N–H and O–H groups in total. The highest BCUT2D eigenvalue weighted by Gasteiger charge is 2.27. The average Bonchev–Trinajstić information content (AvgIpc) is 2.61. The molecule has 24 heavy (non-hydrogen) atoms. The van der Waals surface area contributed by atoms with E-state index in [1.54, 1.807) is 0 Å². The maximum absolute atomic E-state index is 12.1. The number of piperidine rings is 1. The van der Waals surface area contributed by atoms with Crippen molar-refractivity contribution in [1.29, 1.82) is 0 Å². The third kappa shape index (κ3) is 5.62. The summed E-state index contributed by atoms with van der Waals surface area (Å²) in [5.74, 6) is -0.260. The maximum atomic E-state index is 12.1. The lowest BCUT2D eigenvalue weighted by molar-refractivity contribution is -0.126. The van der Waals surface area contributed by atoms with Crippen LogP contribution >= 0.6 is 0 Å². The Morgan fingerprint density at radius 1 is 1.25 bits per heavy atom. The van der Waals surface area contributed by atoms with Crippen LogP contribution in [0.1, 0.15) is 32.3 Å². The first-order valence-electron chi connectivity index (χ1n) is 8.58. The molecule has 0 saturated carbocycles. The van der Waals surface area contributed by atoms with Gasteiger partial charge in [0, 0.05) is 19.6 Å². The smallest absolute Gasteiger partial charge is 0.321 e. The monoisotopic (exact) mass is 333 g/mol. The van der Waals surface area contributed by atoms with Crippen LogP contribution in [0.5, 0.6) is 0 Å². The minimum absolute atomic E-state index is 0.222. The van der Waals surface area contributed by atoms with Crippen molar-refractivity contribution in [3.63, 3.8) is 0 Å². The molecule has 1 aromatic rings. The van der Waals surface area contributed by atoms with Gasteiger partial charge in [0.15, 0.2) is 0 Å². The van der Waals surface area contributed by atoms with Crippen LogP contribution in [0, 0.1) is 0 Å². The number of imide groups is 1. The van der Waals surface area contributed by atoms with Crippen LogP contribution in [-0.4, -0.2) is 48.6 Å². The van der Waals surface area contributed by atoms with Gasteiger partial charge in [-0.3, -0.25) is 15.0 Å². The second-order valence-electron chi connectivity index (χ2n) is 6.06. The third-order valence-electron chi connectivity index (χ3n) is 4.31. The lowest BCUT2D eigenvalue weighted by atomic mass is 10.1. The Kier molecular flexibility index (Phi) is 7.21. The second-order valence-corrected chi connectivity index (χ2v) is 6.06. The molecule has 1 atom stereocenters. The van der Waals surface area contributed by atoms with E-state index in [-0.39, 0.29) is 18.1 Å². The predicted molar refractivity (Wildman–Crippen MR) is 92.5 cm³/mol. The van der Waals surface area contributed by atoms with Crippen molar-refractivity contribution in [2.45, 2.75) is 45.4 Å². The highest BCUT2D eigenvalue weighted by atomic mass is 16.5. The Morgan fingerprint density at radius 3 is 2.54 bits per heavy atom. The fraction of sp³-hybridized carbons (Fsp3) is 0.556. The van der Waals surface area contributed by atoms with E-state index < -0.39 is 6.03 Å². The fourth-order valence-electron chi connectivity index (χ4n) is 2.80. The highest BCUT2D eigenvalue weighted by molar-refractivity contribution is 5.96. The number of hydrogen-bond donors (Lipinski definition) is 2. The van der Waals surface area contributed by atoms with Crippen LogP contribution < -0.4 is 10.6 Å². The minimum Gasteiger partial charge on any atom is -0.373 e. The summed E-state index contributed by atoms with van der Waals surface area (Å²) in [6.07, 6.45) is 2.01. The minimum atomic E-state index is -0.435. The quantitative estimate of drug-likeness (QED) is 0.834. The van der Waals surface area contributed by atoms with Crippen molar-refractivity contribution in [3.05, 3.63) is 35.9 Å². The molecule has 1 aliphatic rings. The van der Waals surface area contributed by atoms with Crippen molar-refractivity contribution in [2.75, 3.05) is 19.6 Å². The van der Waals surface area contributed by atoms with E-state index in [0.29, 0.717) is 13.2 Å². The van der Waals surface area contributed by atoms with E-state index >= 15 is 0 Å². The second kappa shape index (κ2) is 9.39. The number of hydrogen-bond acceptors (Lipinski definition) is 4. The van der Waals surface area contributed by atoms with Crippen molar-refractivity contribution in [1.82, 2.24) is 15.5 Å². The summed E-state index contributed by atoms with van der Waals surface area (Å²) in [6.45, 7) is 6.36. The zero-order valence-electron chi connectivity index (χ0n) is 14.5. The Bertz CT molecular complexity index is 528. The first-order valence-corrected chi connectivity index (χ1v) is 8.58. The van der Waals surface area contributed by atoms with Gasteiger partial charge in [-0.1, -0.05) is 30.3 Å². The molecule has 6 nitrogen and oxygen atoms in total. The van der Waals surface area contributed by atoms with Crippen LogP contribution in [0.25, 0.3) is 0 Å². The molecular formula is C18H27N3O3. The predicted octanol–water partition coefficient (Wildman–Crippen LogP) is 1.90. The van der Waals surface area contributed by atoms with Gasteiger partial charge >= 0.3 is 6.03 Å². The zero-order chi connectivity index (χ0) is 17.4. The van der Waals surface area contributed by atoms with Gasteiger partial charge in [-0.25, -0.2) is 4.79 Å². The van der Waals surface area contributed by atoms with Crippen LogP contribution in [0.2, 0.25) is 0 Å². The van der Waals surface area contributed by atoms with E-state index in [9.17, 15) is 9.59 Å². The van der Waals surface area contributed by atoms with Crippen LogP contribution in [0.4, 0.5) is 4.79 Å². The molecule has 0 aromatic heterocycles. The number of nitrogens with one attached hydrogen (secondary N) is 2. The van der Waals surface area contributed by atoms with Gasteiger partial charge in [0.25, 0.3) is 0 Å². The lowest BCUT2D eigenvalue weighted by Gasteiger charge is -2.35. The third-order valence-corrected chi connectivity index (χ3v) is 4.31. The number of nitrogens with zero attached hydrogens (tertiary/aromatic N) is 1. The van der Waals surface area contributed by atoms with Crippen LogP contribution in [-0.2, 0) is 16.1 Å². The molecule has 1 heterocycles. The first-order chi connectivity index (χ1) is 11.6. The first kappa shape index (κ1) is 18.4. The summed E-state index contributed by atoms with van der Waals surface area (Å²) in [4.78, 5) is 25.6. The Hall–Kier alpha value is -1.92.